The van der Waals surface area contributed by atoms with E-state index in [9.17, 15) is 0 Å². The van der Waals surface area contributed by atoms with Gasteiger partial charge in [-0.3, -0.25) is 4.90 Å². The smallest absolute Gasteiger partial charge is 0.0491 e. The molecule has 0 spiro atoms. The van der Waals surface area contributed by atoms with E-state index >= 15 is 0 Å². The van der Waals surface area contributed by atoms with Gasteiger partial charge in [0, 0.05) is 61.1 Å². The van der Waals surface area contributed by atoms with Crippen molar-refractivity contribution in [3.63, 3.8) is 0 Å². The van der Waals surface area contributed by atoms with Gasteiger partial charge in [-0.05, 0) is 37.1 Å². The molecular formula is C30H35N3. The minimum Gasteiger partial charge on any atom is -0.340 e. The van der Waals surface area contributed by atoms with Crippen LogP contribution in [0.3, 0.4) is 0 Å². The van der Waals surface area contributed by atoms with E-state index in [-0.39, 0.29) is 0 Å². The summed E-state index contributed by atoms with van der Waals surface area (Å²) in [5.74, 6) is 0. The lowest BCUT2D eigenvalue weighted by Crippen LogP contribution is -2.46. The van der Waals surface area contributed by atoms with Crippen molar-refractivity contribution in [2.75, 3.05) is 39.3 Å². The second-order valence-corrected chi connectivity index (χ2v) is 9.20. The van der Waals surface area contributed by atoms with Gasteiger partial charge in [0.2, 0.25) is 0 Å². The van der Waals surface area contributed by atoms with E-state index in [1.54, 1.807) is 0 Å². The maximum Gasteiger partial charge on any atom is 0.0491 e. The third-order valence-corrected chi connectivity index (χ3v) is 6.97. The largest absolute Gasteiger partial charge is 0.340 e. The highest BCUT2D eigenvalue weighted by Crippen LogP contribution is 2.29. The number of hydrogen-bond acceptors (Lipinski definition) is 2. The predicted molar refractivity (Wildman–Crippen MR) is 142 cm³/mol. The molecule has 1 aromatic heterocycles. The molecule has 4 aromatic rings. The molecule has 1 saturated heterocycles. The number of fused-ring (bicyclic) bond motifs is 3. The molecule has 0 N–H and O–H groups in total. The first-order valence-corrected chi connectivity index (χ1v) is 12.5. The minimum atomic E-state index is 1.06. The Kier molecular flexibility index (Phi) is 7.20. The van der Waals surface area contributed by atoms with Gasteiger partial charge in [0.15, 0.2) is 0 Å². The number of piperazine rings is 1. The van der Waals surface area contributed by atoms with E-state index in [0.717, 1.165) is 13.1 Å². The monoisotopic (exact) mass is 437 g/mol. The molecule has 1 fully saturated rings. The number of nitrogens with zero attached hydrogens (tertiary/aromatic N) is 3. The SMILES string of the molecule is C(=C\c1ccccc1)/CN1CCN(CCCCCn2c3ccccc3c3ccccc32)CC1. The number of aromatic nitrogens is 1. The first-order valence-electron chi connectivity index (χ1n) is 12.5. The molecule has 0 atom stereocenters. The molecule has 0 radical (unpaired) electrons. The molecule has 0 unspecified atom stereocenters. The summed E-state index contributed by atoms with van der Waals surface area (Å²) in [4.78, 5) is 5.22. The Balaban J connectivity index is 1.04. The summed E-state index contributed by atoms with van der Waals surface area (Å²) < 4.78 is 2.52. The normalized spacial score (nSPS) is 15.8. The maximum atomic E-state index is 2.65. The van der Waals surface area contributed by atoms with Gasteiger partial charge in [0.05, 0.1) is 0 Å². The standard InChI is InChI=1S/C30H35N3/c1-3-12-26(13-4-1)14-11-20-32-24-22-31(23-25-32)19-9-2-10-21-33-29-17-7-5-15-27(29)28-16-6-8-18-30(28)33/h1,3-8,11-18H,2,9-10,19-25H2/b14-11+. The average molecular weight is 438 g/mol. The first-order chi connectivity index (χ1) is 16.4. The van der Waals surface area contributed by atoms with Crippen molar-refractivity contribution in [2.45, 2.75) is 25.8 Å². The van der Waals surface area contributed by atoms with Gasteiger partial charge in [-0.25, -0.2) is 0 Å². The van der Waals surface area contributed by atoms with E-state index < -0.39 is 0 Å². The molecule has 0 amide bonds. The number of hydrogen-bond donors (Lipinski definition) is 0. The predicted octanol–water partition coefficient (Wildman–Crippen LogP) is 6.30. The number of para-hydroxylation sites is 2. The molecule has 0 saturated carbocycles. The number of benzene rings is 3. The zero-order valence-corrected chi connectivity index (χ0v) is 19.6. The fourth-order valence-electron chi connectivity index (χ4n) is 5.12. The van der Waals surface area contributed by atoms with Crippen LogP contribution in [0.1, 0.15) is 24.8 Å². The van der Waals surface area contributed by atoms with Crippen LogP contribution >= 0.6 is 0 Å². The molecule has 3 nitrogen and oxygen atoms in total. The van der Waals surface area contributed by atoms with Crippen molar-refractivity contribution >= 4 is 27.9 Å². The van der Waals surface area contributed by atoms with Crippen molar-refractivity contribution in [1.29, 1.82) is 0 Å². The van der Waals surface area contributed by atoms with Crippen LogP contribution in [0.2, 0.25) is 0 Å². The van der Waals surface area contributed by atoms with Crippen LogP contribution in [0.15, 0.2) is 84.9 Å². The van der Waals surface area contributed by atoms with Crippen molar-refractivity contribution in [2.24, 2.45) is 0 Å². The van der Waals surface area contributed by atoms with Gasteiger partial charge >= 0.3 is 0 Å². The van der Waals surface area contributed by atoms with Gasteiger partial charge in [0.25, 0.3) is 0 Å². The Labute approximate surface area is 197 Å². The average Bonchev–Trinajstić information content (AvgIpc) is 3.19. The third kappa shape index (κ3) is 5.38. The molecular weight excluding hydrogens is 402 g/mol. The van der Waals surface area contributed by atoms with E-state index in [1.165, 1.54) is 79.4 Å². The Morgan fingerprint density at radius 2 is 1.15 bits per heavy atom. The fraction of sp³-hybridized carbons (Fsp3) is 0.333. The third-order valence-electron chi connectivity index (χ3n) is 6.97. The second kappa shape index (κ2) is 10.8. The van der Waals surface area contributed by atoms with Crippen LogP contribution in [-0.4, -0.2) is 53.6 Å². The van der Waals surface area contributed by atoms with Crippen LogP contribution in [0.5, 0.6) is 0 Å². The van der Waals surface area contributed by atoms with Crippen molar-refractivity contribution in [1.82, 2.24) is 14.4 Å². The van der Waals surface area contributed by atoms with Gasteiger partial charge < -0.3 is 9.47 Å². The lowest BCUT2D eigenvalue weighted by molar-refractivity contribution is 0.140. The molecule has 33 heavy (non-hydrogen) atoms. The summed E-state index contributed by atoms with van der Waals surface area (Å²) in [6.07, 6.45) is 8.38. The van der Waals surface area contributed by atoms with Crippen LogP contribution in [0, 0.1) is 0 Å². The summed E-state index contributed by atoms with van der Waals surface area (Å²) in [6, 6.07) is 28.3. The van der Waals surface area contributed by atoms with Crippen molar-refractivity contribution in [3.8, 4) is 0 Å². The Morgan fingerprint density at radius 1 is 0.576 bits per heavy atom. The van der Waals surface area contributed by atoms with Crippen LogP contribution < -0.4 is 0 Å². The fourth-order valence-corrected chi connectivity index (χ4v) is 5.12. The highest BCUT2D eigenvalue weighted by Gasteiger charge is 2.15. The zero-order valence-electron chi connectivity index (χ0n) is 19.6. The quantitative estimate of drug-likeness (QED) is 0.285. The van der Waals surface area contributed by atoms with Gasteiger partial charge in [-0.15, -0.1) is 0 Å². The van der Waals surface area contributed by atoms with Gasteiger partial charge in [0.1, 0.15) is 0 Å². The summed E-state index contributed by atoms with van der Waals surface area (Å²) >= 11 is 0. The molecule has 0 bridgehead atoms. The summed E-state index contributed by atoms with van der Waals surface area (Å²) in [5, 5.41) is 2.76. The van der Waals surface area contributed by atoms with Crippen LogP contribution in [0.4, 0.5) is 0 Å². The van der Waals surface area contributed by atoms with E-state index in [0.29, 0.717) is 0 Å². The van der Waals surface area contributed by atoms with Crippen LogP contribution in [-0.2, 0) is 6.54 Å². The Bertz CT molecular complexity index is 1130. The number of aryl methyl sites for hydroxylation is 1. The van der Waals surface area contributed by atoms with E-state index in [1.807, 2.05) is 0 Å². The summed E-state index contributed by atoms with van der Waals surface area (Å²) in [5.41, 5.74) is 4.03. The Hall–Kier alpha value is -2.88. The highest BCUT2D eigenvalue weighted by atomic mass is 15.3. The first kappa shape index (κ1) is 21.9. The molecule has 3 aromatic carbocycles. The molecule has 170 valence electrons. The minimum absolute atomic E-state index is 1.06. The lowest BCUT2D eigenvalue weighted by atomic mass is 10.2. The number of unbranched alkanes of at least 4 members (excludes halogenated alkanes) is 2. The van der Waals surface area contributed by atoms with E-state index in [2.05, 4.69) is 105 Å². The van der Waals surface area contributed by atoms with Gasteiger partial charge in [-0.1, -0.05) is 85.3 Å². The number of rotatable bonds is 9. The van der Waals surface area contributed by atoms with E-state index in [4.69, 9.17) is 0 Å². The topological polar surface area (TPSA) is 11.4 Å². The molecule has 0 aliphatic carbocycles. The van der Waals surface area contributed by atoms with Crippen molar-refractivity contribution in [3.05, 3.63) is 90.5 Å². The van der Waals surface area contributed by atoms with Crippen LogP contribution in [0.25, 0.3) is 27.9 Å². The second-order valence-electron chi connectivity index (χ2n) is 9.20. The highest BCUT2D eigenvalue weighted by molar-refractivity contribution is 6.07. The molecule has 5 rings (SSSR count). The molecule has 1 aliphatic rings. The van der Waals surface area contributed by atoms with Crippen molar-refractivity contribution < 1.29 is 0 Å². The molecule has 3 heteroatoms. The Morgan fingerprint density at radius 3 is 1.85 bits per heavy atom. The van der Waals surface area contributed by atoms with Gasteiger partial charge in [-0.2, -0.15) is 0 Å². The molecule has 2 heterocycles. The molecule has 1 aliphatic heterocycles. The summed E-state index contributed by atoms with van der Waals surface area (Å²) in [6.45, 7) is 8.16. The zero-order chi connectivity index (χ0) is 22.3. The lowest BCUT2D eigenvalue weighted by Gasteiger charge is -2.34. The maximum absolute atomic E-state index is 2.65. The summed E-state index contributed by atoms with van der Waals surface area (Å²) in [7, 11) is 0.